The van der Waals surface area contributed by atoms with E-state index in [0.29, 0.717) is 0 Å². The van der Waals surface area contributed by atoms with Gasteiger partial charge in [0.15, 0.2) is 0 Å². The van der Waals surface area contributed by atoms with Gasteiger partial charge in [0.05, 0.1) is 5.69 Å². The Kier molecular flexibility index (Phi) is 1.29. The largest absolute Gasteiger partial charge is 0.360 e. The second-order valence-corrected chi connectivity index (χ2v) is 2.63. The van der Waals surface area contributed by atoms with Crippen molar-refractivity contribution in [2.45, 2.75) is 0 Å². The van der Waals surface area contributed by atoms with Crippen LogP contribution >= 0.6 is 11.5 Å². The molecule has 0 aliphatic heterocycles. The van der Waals surface area contributed by atoms with Crippen LogP contribution in [-0.4, -0.2) is 9.36 Å². The topological polar surface area (TPSA) is 28.7 Å². The minimum Gasteiger partial charge on any atom is -0.360 e. The summed E-state index contributed by atoms with van der Waals surface area (Å²) in [5.41, 5.74) is 2.11. The number of aromatic amines is 1. The minimum atomic E-state index is 1.02. The molecule has 3 heteroatoms. The molecule has 2 aromatic rings. The van der Waals surface area contributed by atoms with Gasteiger partial charge in [-0.05, 0) is 29.7 Å². The lowest BCUT2D eigenvalue weighted by molar-refractivity contribution is 1.37. The third-order valence-electron chi connectivity index (χ3n) is 1.31. The highest BCUT2D eigenvalue weighted by Crippen LogP contribution is 2.14. The summed E-state index contributed by atoms with van der Waals surface area (Å²) in [5, 5.41) is 1.97. The van der Waals surface area contributed by atoms with E-state index < -0.39 is 0 Å². The predicted molar refractivity (Wildman–Crippen MR) is 41.9 cm³/mol. The average Bonchev–Trinajstić information content (AvgIpc) is 2.59. The van der Waals surface area contributed by atoms with Gasteiger partial charge in [0.25, 0.3) is 0 Å². The third-order valence-corrected chi connectivity index (χ3v) is 1.87. The van der Waals surface area contributed by atoms with Crippen LogP contribution in [0.2, 0.25) is 0 Å². The Balaban J connectivity index is 2.48. The van der Waals surface area contributed by atoms with E-state index in [0.717, 1.165) is 11.4 Å². The lowest BCUT2D eigenvalue weighted by Gasteiger charge is -1.85. The molecular weight excluding hydrogens is 144 g/mol. The summed E-state index contributed by atoms with van der Waals surface area (Å²) in [6.07, 6.45) is 1.90. The Bertz CT molecular complexity index is 251. The Morgan fingerprint density at radius 3 is 3.00 bits per heavy atom. The molecule has 0 aliphatic rings. The van der Waals surface area contributed by atoms with Gasteiger partial charge < -0.3 is 4.98 Å². The number of H-pyrrole nitrogens is 1. The molecule has 0 atom stereocenters. The number of hydrogen-bond acceptors (Lipinski definition) is 2. The average molecular weight is 150 g/mol. The Hall–Kier alpha value is -1.09. The molecule has 0 saturated carbocycles. The van der Waals surface area contributed by atoms with Crippen LogP contribution in [0.1, 0.15) is 0 Å². The van der Waals surface area contributed by atoms with Gasteiger partial charge in [-0.15, -0.1) is 0 Å². The molecule has 0 unspecified atom stereocenters. The monoisotopic (exact) mass is 150 g/mol. The Morgan fingerprint density at radius 2 is 2.40 bits per heavy atom. The first kappa shape index (κ1) is 5.68. The highest BCUT2D eigenvalue weighted by atomic mass is 32.1. The molecule has 50 valence electrons. The van der Waals surface area contributed by atoms with E-state index in [1.165, 1.54) is 11.5 Å². The SMILES string of the molecule is c1c[nH]c(-c2ccsn2)c1. The summed E-state index contributed by atoms with van der Waals surface area (Å²) in [7, 11) is 0. The summed E-state index contributed by atoms with van der Waals surface area (Å²) in [6.45, 7) is 0. The van der Waals surface area contributed by atoms with E-state index in [4.69, 9.17) is 0 Å². The van der Waals surface area contributed by atoms with E-state index in [-0.39, 0.29) is 0 Å². The lowest BCUT2D eigenvalue weighted by Crippen LogP contribution is -1.72. The van der Waals surface area contributed by atoms with Crippen molar-refractivity contribution in [1.29, 1.82) is 0 Å². The molecule has 2 nitrogen and oxygen atoms in total. The Labute approximate surface area is 62.7 Å². The predicted octanol–water partition coefficient (Wildman–Crippen LogP) is 2.14. The fraction of sp³-hybridized carbons (Fsp3) is 0. The normalized spacial score (nSPS) is 10.0. The molecule has 0 aliphatic carbocycles. The van der Waals surface area contributed by atoms with Gasteiger partial charge in [-0.2, -0.15) is 4.37 Å². The van der Waals surface area contributed by atoms with Crippen LogP contribution in [0.3, 0.4) is 0 Å². The van der Waals surface area contributed by atoms with E-state index in [9.17, 15) is 0 Å². The first-order chi connectivity index (χ1) is 4.97. The first-order valence-corrected chi connectivity index (χ1v) is 3.84. The maximum absolute atomic E-state index is 4.17. The van der Waals surface area contributed by atoms with Crippen molar-refractivity contribution < 1.29 is 0 Å². The molecule has 0 saturated heterocycles. The lowest BCUT2D eigenvalue weighted by atomic mass is 10.3. The fourth-order valence-electron chi connectivity index (χ4n) is 0.841. The van der Waals surface area contributed by atoms with Crippen molar-refractivity contribution in [2.75, 3.05) is 0 Å². The number of nitrogens with zero attached hydrogens (tertiary/aromatic N) is 1. The molecule has 1 N–H and O–H groups in total. The van der Waals surface area contributed by atoms with Crippen LogP contribution in [0.25, 0.3) is 11.4 Å². The van der Waals surface area contributed by atoms with Crippen molar-refractivity contribution in [3.05, 3.63) is 29.8 Å². The molecule has 0 bridgehead atoms. The molecule has 0 radical (unpaired) electrons. The summed E-state index contributed by atoms with van der Waals surface area (Å²) in [4.78, 5) is 3.08. The summed E-state index contributed by atoms with van der Waals surface area (Å²) < 4.78 is 4.17. The maximum atomic E-state index is 4.17. The number of nitrogens with one attached hydrogen (secondary N) is 1. The second-order valence-electron chi connectivity index (χ2n) is 1.97. The van der Waals surface area contributed by atoms with Crippen molar-refractivity contribution >= 4 is 11.5 Å². The quantitative estimate of drug-likeness (QED) is 0.662. The molecule has 2 heterocycles. The zero-order valence-electron chi connectivity index (χ0n) is 5.24. The summed E-state index contributed by atoms with van der Waals surface area (Å²) >= 11 is 1.47. The molecule has 0 amide bonds. The molecule has 2 aromatic heterocycles. The van der Waals surface area contributed by atoms with Crippen molar-refractivity contribution in [3.8, 4) is 11.4 Å². The van der Waals surface area contributed by atoms with E-state index in [1.54, 1.807) is 0 Å². The molecule has 0 spiro atoms. The van der Waals surface area contributed by atoms with E-state index >= 15 is 0 Å². The zero-order valence-corrected chi connectivity index (χ0v) is 6.06. The third kappa shape index (κ3) is 0.844. The van der Waals surface area contributed by atoms with Gasteiger partial charge in [-0.1, -0.05) is 0 Å². The summed E-state index contributed by atoms with van der Waals surface area (Å²) in [5.74, 6) is 0. The number of rotatable bonds is 1. The fourth-order valence-corrected chi connectivity index (χ4v) is 1.36. The van der Waals surface area contributed by atoms with Crippen LogP contribution in [-0.2, 0) is 0 Å². The van der Waals surface area contributed by atoms with Gasteiger partial charge in [0.1, 0.15) is 5.69 Å². The van der Waals surface area contributed by atoms with Crippen molar-refractivity contribution in [2.24, 2.45) is 0 Å². The maximum Gasteiger partial charge on any atom is 0.100 e. The second kappa shape index (κ2) is 2.27. The molecule has 10 heavy (non-hydrogen) atoms. The van der Waals surface area contributed by atoms with Crippen LogP contribution in [0.15, 0.2) is 29.8 Å². The van der Waals surface area contributed by atoms with Gasteiger partial charge in [-0.3, -0.25) is 0 Å². The van der Waals surface area contributed by atoms with Crippen LogP contribution in [0.4, 0.5) is 0 Å². The summed E-state index contributed by atoms with van der Waals surface area (Å²) in [6, 6.07) is 5.97. The zero-order chi connectivity index (χ0) is 6.81. The van der Waals surface area contributed by atoms with Crippen LogP contribution in [0, 0.1) is 0 Å². The molecular formula is C7H6N2S. The van der Waals surface area contributed by atoms with Gasteiger partial charge >= 0.3 is 0 Å². The van der Waals surface area contributed by atoms with Crippen LogP contribution in [0.5, 0.6) is 0 Å². The van der Waals surface area contributed by atoms with Crippen molar-refractivity contribution in [3.63, 3.8) is 0 Å². The number of aromatic nitrogens is 2. The number of hydrogen-bond donors (Lipinski definition) is 1. The van der Waals surface area contributed by atoms with E-state index in [2.05, 4.69) is 9.36 Å². The smallest absolute Gasteiger partial charge is 0.100 e. The Morgan fingerprint density at radius 1 is 1.40 bits per heavy atom. The molecule has 0 aromatic carbocycles. The highest BCUT2D eigenvalue weighted by molar-refractivity contribution is 7.03. The van der Waals surface area contributed by atoms with Crippen LogP contribution < -0.4 is 0 Å². The standard InChI is InChI=1S/C7H6N2S/c1-2-6(8-4-1)7-3-5-10-9-7/h1-5,8H. The molecule has 0 fully saturated rings. The van der Waals surface area contributed by atoms with Gasteiger partial charge in [0, 0.05) is 11.6 Å². The highest BCUT2D eigenvalue weighted by Gasteiger charge is 1.96. The minimum absolute atomic E-state index is 1.02. The van der Waals surface area contributed by atoms with E-state index in [1.807, 2.05) is 29.8 Å². The molecule has 2 rings (SSSR count). The first-order valence-electron chi connectivity index (χ1n) is 3.01. The van der Waals surface area contributed by atoms with Gasteiger partial charge in [-0.25, -0.2) is 0 Å². The van der Waals surface area contributed by atoms with Crippen molar-refractivity contribution in [1.82, 2.24) is 9.36 Å². The van der Waals surface area contributed by atoms with Gasteiger partial charge in [0.2, 0.25) is 0 Å².